The number of halogens is 2. The standard InChI is InChI=1S/C26H39F2N5O3S/c1-5-13-29-24(34)31-14-6-15-32(18-31)37(35,36)20-7-8-22-21(16-20)30-23(25(2,3)4)33(22)17-19-9-11-26(27,28)12-10-19/h7-8,16,19H,5-6,9-15,17-18H2,1-4H3,(H,29,34). The van der Waals surface area contributed by atoms with Crippen molar-refractivity contribution in [1.29, 1.82) is 0 Å². The molecule has 4 rings (SSSR count). The Labute approximate surface area is 218 Å². The molecule has 1 aromatic carbocycles. The van der Waals surface area contributed by atoms with Crippen molar-refractivity contribution in [3.8, 4) is 0 Å². The number of benzene rings is 1. The number of nitrogens with zero attached hydrogens (tertiary/aromatic N) is 4. The van der Waals surface area contributed by atoms with Crippen LogP contribution in [-0.4, -0.2) is 65.4 Å². The van der Waals surface area contributed by atoms with E-state index in [4.69, 9.17) is 4.98 Å². The molecule has 37 heavy (non-hydrogen) atoms. The third kappa shape index (κ3) is 6.08. The highest BCUT2D eigenvalue weighted by Crippen LogP contribution is 2.38. The van der Waals surface area contributed by atoms with E-state index in [0.717, 1.165) is 17.8 Å². The van der Waals surface area contributed by atoms with Gasteiger partial charge >= 0.3 is 6.03 Å². The molecule has 1 aromatic heterocycles. The van der Waals surface area contributed by atoms with Crippen LogP contribution in [0.4, 0.5) is 13.6 Å². The van der Waals surface area contributed by atoms with Crippen LogP contribution < -0.4 is 5.32 Å². The second-order valence-electron chi connectivity index (χ2n) is 11.4. The second kappa shape index (κ2) is 10.5. The third-order valence-electron chi connectivity index (χ3n) is 7.28. The van der Waals surface area contributed by atoms with E-state index in [9.17, 15) is 22.0 Å². The summed E-state index contributed by atoms with van der Waals surface area (Å²) in [5.74, 6) is -1.64. The molecule has 206 valence electrons. The van der Waals surface area contributed by atoms with Crippen LogP contribution in [0.5, 0.6) is 0 Å². The Bertz CT molecular complexity index is 1230. The molecule has 2 aromatic rings. The molecular weight excluding hydrogens is 500 g/mol. The largest absolute Gasteiger partial charge is 0.338 e. The molecule has 1 aliphatic heterocycles. The van der Waals surface area contributed by atoms with Gasteiger partial charge in [0, 0.05) is 44.4 Å². The van der Waals surface area contributed by atoms with Crippen LogP contribution in [0.15, 0.2) is 23.1 Å². The van der Waals surface area contributed by atoms with E-state index in [2.05, 4.69) is 9.88 Å². The summed E-state index contributed by atoms with van der Waals surface area (Å²) in [7, 11) is -3.84. The van der Waals surface area contributed by atoms with Crippen LogP contribution in [0.25, 0.3) is 11.0 Å². The first-order chi connectivity index (χ1) is 17.3. The van der Waals surface area contributed by atoms with Crippen LogP contribution in [-0.2, 0) is 22.0 Å². The summed E-state index contributed by atoms with van der Waals surface area (Å²) >= 11 is 0. The first kappa shape index (κ1) is 27.8. The van der Waals surface area contributed by atoms with Crippen LogP contribution in [0, 0.1) is 5.92 Å². The molecule has 0 radical (unpaired) electrons. The van der Waals surface area contributed by atoms with Crippen LogP contribution in [0.2, 0.25) is 0 Å². The Morgan fingerprint density at radius 3 is 2.54 bits per heavy atom. The Morgan fingerprint density at radius 2 is 1.89 bits per heavy atom. The van der Waals surface area contributed by atoms with Crippen molar-refractivity contribution in [3.63, 3.8) is 0 Å². The fourth-order valence-corrected chi connectivity index (χ4v) is 6.65. The van der Waals surface area contributed by atoms with Crippen molar-refractivity contribution in [1.82, 2.24) is 24.1 Å². The first-order valence-corrected chi connectivity index (χ1v) is 14.7. The molecule has 8 nitrogen and oxygen atoms in total. The van der Waals surface area contributed by atoms with Gasteiger partial charge in [0.1, 0.15) is 5.82 Å². The van der Waals surface area contributed by atoms with E-state index in [-0.39, 0.29) is 41.8 Å². The maximum absolute atomic E-state index is 13.7. The number of hydrogen-bond donors (Lipinski definition) is 1. The van der Waals surface area contributed by atoms with E-state index in [1.165, 1.54) is 9.21 Å². The van der Waals surface area contributed by atoms with Crippen molar-refractivity contribution in [2.24, 2.45) is 5.92 Å². The number of imidazole rings is 1. The van der Waals surface area contributed by atoms with Gasteiger partial charge in [0.25, 0.3) is 0 Å². The number of hydrogen-bond acceptors (Lipinski definition) is 4. The Kier molecular flexibility index (Phi) is 7.86. The zero-order chi connectivity index (χ0) is 27.0. The summed E-state index contributed by atoms with van der Waals surface area (Å²) in [4.78, 5) is 18.9. The summed E-state index contributed by atoms with van der Waals surface area (Å²) in [5, 5.41) is 2.81. The molecular formula is C26H39F2N5O3S. The lowest BCUT2D eigenvalue weighted by Crippen LogP contribution is -2.52. The lowest BCUT2D eigenvalue weighted by atomic mass is 9.86. The molecule has 2 fully saturated rings. The van der Waals surface area contributed by atoms with Crippen molar-refractivity contribution in [2.45, 2.75) is 89.0 Å². The summed E-state index contributed by atoms with van der Waals surface area (Å²) < 4.78 is 57.9. The molecule has 0 atom stereocenters. The van der Waals surface area contributed by atoms with Gasteiger partial charge in [-0.2, -0.15) is 4.31 Å². The smallest absolute Gasteiger partial charge is 0.318 e. The van der Waals surface area contributed by atoms with E-state index in [0.29, 0.717) is 51.0 Å². The SMILES string of the molecule is CCCNC(=O)N1CCCN(S(=O)(=O)c2ccc3c(c2)nc(C(C)(C)C)n3CC2CCC(F)(F)CC2)C1. The normalized spacial score (nSPS) is 19.9. The van der Waals surface area contributed by atoms with Crippen molar-refractivity contribution >= 4 is 27.1 Å². The molecule has 1 saturated carbocycles. The zero-order valence-corrected chi connectivity index (χ0v) is 23.1. The number of carbonyl (C=O) groups excluding carboxylic acids is 1. The highest BCUT2D eigenvalue weighted by molar-refractivity contribution is 7.89. The highest BCUT2D eigenvalue weighted by atomic mass is 32.2. The monoisotopic (exact) mass is 539 g/mol. The predicted octanol–water partition coefficient (Wildman–Crippen LogP) is 4.93. The Balaban J connectivity index is 1.61. The molecule has 11 heteroatoms. The van der Waals surface area contributed by atoms with Crippen molar-refractivity contribution < 1.29 is 22.0 Å². The number of rotatable bonds is 6. The van der Waals surface area contributed by atoms with Gasteiger partial charge in [-0.05, 0) is 49.8 Å². The van der Waals surface area contributed by atoms with Gasteiger partial charge in [-0.1, -0.05) is 27.7 Å². The molecule has 0 bridgehead atoms. The van der Waals surface area contributed by atoms with Crippen LogP contribution in [0.1, 0.15) is 72.0 Å². The second-order valence-corrected chi connectivity index (χ2v) is 13.4. The molecule has 0 spiro atoms. The lowest BCUT2D eigenvalue weighted by Gasteiger charge is -2.34. The molecule has 0 unspecified atom stereocenters. The number of aromatic nitrogens is 2. The number of alkyl halides is 2. The maximum atomic E-state index is 13.7. The number of nitrogens with one attached hydrogen (secondary N) is 1. The topological polar surface area (TPSA) is 87.5 Å². The average molecular weight is 540 g/mol. The third-order valence-corrected chi connectivity index (χ3v) is 9.11. The minimum Gasteiger partial charge on any atom is -0.338 e. The zero-order valence-electron chi connectivity index (χ0n) is 22.3. The summed E-state index contributed by atoms with van der Waals surface area (Å²) in [6, 6.07) is 4.71. The highest BCUT2D eigenvalue weighted by Gasteiger charge is 2.36. The number of carbonyl (C=O) groups is 1. The minimum atomic E-state index is -3.84. The predicted molar refractivity (Wildman–Crippen MR) is 139 cm³/mol. The van der Waals surface area contributed by atoms with Crippen LogP contribution in [0.3, 0.4) is 0 Å². The van der Waals surface area contributed by atoms with Gasteiger partial charge in [-0.25, -0.2) is 27.0 Å². The van der Waals surface area contributed by atoms with Gasteiger partial charge < -0.3 is 14.8 Å². The number of amides is 2. The quantitative estimate of drug-likeness (QED) is 0.564. The van der Waals surface area contributed by atoms with Crippen molar-refractivity contribution in [3.05, 3.63) is 24.0 Å². The maximum Gasteiger partial charge on any atom is 0.318 e. The molecule has 2 amide bonds. The molecule has 2 aliphatic rings. The number of urea groups is 1. The fourth-order valence-electron chi connectivity index (χ4n) is 5.19. The fraction of sp³-hybridized carbons (Fsp3) is 0.692. The molecule has 1 saturated heterocycles. The Hall–Kier alpha value is -2.27. The minimum absolute atomic E-state index is 0.00388. The number of fused-ring (bicyclic) bond motifs is 1. The van der Waals surface area contributed by atoms with E-state index < -0.39 is 15.9 Å². The van der Waals surface area contributed by atoms with E-state index >= 15 is 0 Å². The van der Waals surface area contributed by atoms with Gasteiger partial charge in [0.15, 0.2) is 0 Å². The van der Waals surface area contributed by atoms with Crippen molar-refractivity contribution in [2.75, 3.05) is 26.3 Å². The summed E-state index contributed by atoms with van der Waals surface area (Å²) in [5.41, 5.74) is 1.07. The van der Waals surface area contributed by atoms with E-state index in [1.54, 1.807) is 18.2 Å². The van der Waals surface area contributed by atoms with Gasteiger partial charge in [-0.3, -0.25) is 0 Å². The summed E-state index contributed by atoms with van der Waals surface area (Å²) in [6.45, 7) is 10.1. The van der Waals surface area contributed by atoms with Gasteiger partial charge in [0.05, 0.1) is 22.6 Å². The van der Waals surface area contributed by atoms with E-state index in [1.807, 2.05) is 27.7 Å². The first-order valence-electron chi connectivity index (χ1n) is 13.2. The molecule has 1 aliphatic carbocycles. The lowest BCUT2D eigenvalue weighted by molar-refractivity contribution is -0.0473. The number of sulfonamides is 1. The molecule has 2 heterocycles. The summed E-state index contributed by atoms with van der Waals surface area (Å²) in [6.07, 6.45) is 2.09. The Morgan fingerprint density at radius 1 is 1.19 bits per heavy atom. The van der Waals surface area contributed by atoms with Gasteiger partial charge in [-0.15, -0.1) is 0 Å². The van der Waals surface area contributed by atoms with Crippen LogP contribution >= 0.6 is 0 Å². The average Bonchev–Trinajstić information content (AvgIpc) is 3.22. The van der Waals surface area contributed by atoms with Gasteiger partial charge in [0.2, 0.25) is 15.9 Å². The molecule has 1 N–H and O–H groups in total.